The zero-order chi connectivity index (χ0) is 9.03. The van der Waals surface area contributed by atoms with Crippen LogP contribution in [0.15, 0.2) is 18.7 Å². The summed E-state index contributed by atoms with van der Waals surface area (Å²) in [4.78, 5) is 9.88. The molecule has 1 rings (SSSR count). The number of nitrogens with zero attached hydrogens (tertiary/aromatic N) is 2. The van der Waals surface area contributed by atoms with Gasteiger partial charge in [0.15, 0.2) is 0 Å². The minimum Gasteiger partial charge on any atom is -0.312 e. The minimum absolute atomic E-state index is 0.0242. The van der Waals surface area contributed by atoms with E-state index in [1.807, 2.05) is 0 Å². The third kappa shape index (κ3) is 3.44. The first kappa shape index (κ1) is 9.13. The number of rotatable bonds is 4. The summed E-state index contributed by atoms with van der Waals surface area (Å²) in [6, 6.07) is 0. The summed E-state index contributed by atoms with van der Waals surface area (Å²) in [6.07, 6.45) is 4.63. The fourth-order valence-corrected chi connectivity index (χ4v) is 0.763. The number of hydrogen-bond donors (Lipinski definition) is 2. The van der Waals surface area contributed by atoms with Crippen LogP contribution in [0.25, 0.3) is 0 Å². The predicted octanol–water partition coefficient (Wildman–Crippen LogP) is -1.43. The van der Waals surface area contributed by atoms with Crippen molar-refractivity contribution in [2.75, 3.05) is 0 Å². The van der Waals surface area contributed by atoms with Gasteiger partial charge in [0.25, 0.3) is 10.2 Å². The highest BCUT2D eigenvalue weighted by Gasteiger charge is 1.99. The lowest BCUT2D eigenvalue weighted by Gasteiger charge is -2.02. The third-order valence-corrected chi connectivity index (χ3v) is 1.30. The largest absolute Gasteiger partial charge is 0.312 e. The van der Waals surface area contributed by atoms with Crippen LogP contribution in [0.1, 0.15) is 0 Å². The summed E-state index contributed by atoms with van der Waals surface area (Å²) in [5.74, 6) is 0. The van der Waals surface area contributed by atoms with E-state index in [9.17, 15) is 8.42 Å². The Labute approximate surface area is 69.3 Å². The molecule has 0 aliphatic carbocycles. The number of hydrogen-bond acceptors (Lipinski definition) is 4. The maximum atomic E-state index is 10.3. The smallest absolute Gasteiger partial charge is 0.296 e. The molecule has 0 fully saturated rings. The summed E-state index contributed by atoms with van der Waals surface area (Å²) in [6.45, 7) is 0.0242. The number of nitrogens with two attached hydrogens (primary N) is 1. The molecule has 0 bridgehead atoms. The summed E-state index contributed by atoms with van der Waals surface area (Å²) in [5, 5.41) is 4.59. The summed E-state index contributed by atoms with van der Waals surface area (Å²) < 4.78 is 22.1. The molecule has 7 nitrogen and oxygen atoms in total. The third-order valence-electron chi connectivity index (χ3n) is 0.948. The van der Waals surface area contributed by atoms with Crippen molar-refractivity contribution in [1.82, 2.24) is 14.4 Å². The van der Waals surface area contributed by atoms with Crippen LogP contribution < -0.4 is 10.0 Å². The van der Waals surface area contributed by atoms with Gasteiger partial charge in [-0.2, -0.15) is 8.42 Å². The molecule has 3 N–H and O–H groups in total. The number of nitrogens with one attached hydrogen (secondary N) is 1. The Hall–Kier alpha value is -0.960. The molecule has 0 saturated carbocycles. The van der Waals surface area contributed by atoms with Crippen LogP contribution in [0.3, 0.4) is 0 Å². The molecule has 0 amide bonds. The molecule has 0 radical (unpaired) electrons. The lowest BCUT2D eigenvalue weighted by molar-refractivity contribution is 0.0395. The van der Waals surface area contributed by atoms with Gasteiger partial charge < -0.3 is 4.57 Å². The summed E-state index contributed by atoms with van der Waals surface area (Å²) in [5.41, 5.74) is 0. The Morgan fingerprint density at radius 1 is 1.67 bits per heavy atom. The first-order chi connectivity index (χ1) is 5.58. The lowest BCUT2D eigenvalue weighted by Crippen LogP contribution is -2.31. The Morgan fingerprint density at radius 2 is 2.42 bits per heavy atom. The van der Waals surface area contributed by atoms with Gasteiger partial charge >= 0.3 is 0 Å². The van der Waals surface area contributed by atoms with Gasteiger partial charge in [-0.15, -0.1) is 0 Å². The highest BCUT2D eigenvalue weighted by molar-refractivity contribution is 7.87. The molecular weight excluding hydrogens is 184 g/mol. The Morgan fingerprint density at radius 3 is 2.92 bits per heavy atom. The van der Waals surface area contributed by atoms with E-state index >= 15 is 0 Å². The molecule has 68 valence electrons. The monoisotopic (exact) mass is 192 g/mol. The average Bonchev–Trinajstić information content (AvgIpc) is 2.36. The predicted molar refractivity (Wildman–Crippen MR) is 39.6 cm³/mol. The maximum absolute atomic E-state index is 10.3. The van der Waals surface area contributed by atoms with Crippen LogP contribution in [0.5, 0.6) is 0 Å². The fraction of sp³-hybridized carbons (Fsp3) is 0.250. The minimum atomic E-state index is -3.78. The van der Waals surface area contributed by atoms with Gasteiger partial charge in [0.2, 0.25) is 0 Å². The molecule has 0 atom stereocenters. The van der Waals surface area contributed by atoms with Crippen molar-refractivity contribution in [2.45, 2.75) is 6.73 Å². The second-order valence-electron chi connectivity index (χ2n) is 1.98. The topological polar surface area (TPSA) is 99.2 Å². The number of imidazole rings is 1. The zero-order valence-corrected chi connectivity index (χ0v) is 6.86. The van der Waals surface area contributed by atoms with Crippen LogP contribution >= 0.6 is 0 Å². The van der Waals surface area contributed by atoms with E-state index in [0.29, 0.717) is 0 Å². The summed E-state index contributed by atoms with van der Waals surface area (Å²) >= 11 is 0. The Kier molecular flexibility index (Phi) is 2.76. The SMILES string of the molecule is NS(=O)(=O)NOCn1ccnc1. The maximum Gasteiger partial charge on any atom is 0.296 e. The molecule has 0 spiro atoms. The highest BCUT2D eigenvalue weighted by Crippen LogP contribution is 1.84. The lowest BCUT2D eigenvalue weighted by atomic mass is 10.9. The van der Waals surface area contributed by atoms with E-state index in [-0.39, 0.29) is 6.73 Å². The van der Waals surface area contributed by atoms with Crippen LogP contribution in [0.2, 0.25) is 0 Å². The van der Waals surface area contributed by atoms with Crippen LogP contribution in [-0.2, 0) is 21.8 Å². The molecule has 1 heterocycles. The quantitative estimate of drug-likeness (QED) is 0.571. The van der Waals surface area contributed by atoms with Crippen molar-refractivity contribution in [2.24, 2.45) is 5.14 Å². The van der Waals surface area contributed by atoms with Crippen molar-refractivity contribution in [3.8, 4) is 0 Å². The van der Waals surface area contributed by atoms with Gasteiger partial charge in [-0.25, -0.2) is 10.1 Å². The van der Waals surface area contributed by atoms with Crippen LogP contribution in [-0.4, -0.2) is 18.0 Å². The van der Waals surface area contributed by atoms with Gasteiger partial charge in [-0.3, -0.25) is 4.84 Å². The summed E-state index contributed by atoms with van der Waals surface area (Å²) in [7, 11) is -3.78. The molecule has 8 heteroatoms. The first-order valence-corrected chi connectivity index (χ1v) is 4.49. The van der Waals surface area contributed by atoms with Crippen LogP contribution in [0, 0.1) is 0 Å². The standard InChI is InChI=1S/C4H8N4O3S/c5-12(9,10)7-11-4-8-2-1-6-3-8/h1-3,7H,4H2,(H2,5,9,10). The normalized spacial score (nSPS) is 11.8. The van der Waals surface area contributed by atoms with Gasteiger partial charge in [-0.1, -0.05) is 4.89 Å². The van der Waals surface area contributed by atoms with E-state index < -0.39 is 10.2 Å². The Balaban J connectivity index is 2.29. The second kappa shape index (κ2) is 3.63. The molecular formula is C4H8N4O3S. The van der Waals surface area contributed by atoms with E-state index in [0.717, 1.165) is 0 Å². The first-order valence-electron chi connectivity index (χ1n) is 2.95. The van der Waals surface area contributed by atoms with Crippen molar-refractivity contribution >= 4 is 10.2 Å². The van der Waals surface area contributed by atoms with E-state index in [4.69, 9.17) is 0 Å². The van der Waals surface area contributed by atoms with Crippen molar-refractivity contribution in [3.63, 3.8) is 0 Å². The molecule has 0 aliphatic heterocycles. The van der Waals surface area contributed by atoms with E-state index in [2.05, 4.69) is 15.0 Å². The molecule has 0 unspecified atom stereocenters. The molecule has 1 aromatic heterocycles. The van der Waals surface area contributed by atoms with Gasteiger partial charge in [0.05, 0.1) is 6.33 Å². The van der Waals surface area contributed by atoms with E-state index in [1.165, 1.54) is 10.9 Å². The number of aromatic nitrogens is 2. The van der Waals surface area contributed by atoms with Crippen molar-refractivity contribution < 1.29 is 13.3 Å². The average molecular weight is 192 g/mol. The Bertz CT molecular complexity index is 318. The molecule has 0 aliphatic rings. The molecule has 12 heavy (non-hydrogen) atoms. The van der Waals surface area contributed by atoms with Crippen LogP contribution in [0.4, 0.5) is 0 Å². The van der Waals surface area contributed by atoms with Crippen molar-refractivity contribution in [1.29, 1.82) is 0 Å². The van der Waals surface area contributed by atoms with Gasteiger partial charge in [0.1, 0.15) is 6.73 Å². The highest BCUT2D eigenvalue weighted by atomic mass is 32.2. The van der Waals surface area contributed by atoms with Crippen molar-refractivity contribution in [3.05, 3.63) is 18.7 Å². The molecule has 0 saturated heterocycles. The fourth-order valence-electron chi connectivity index (χ4n) is 0.546. The second-order valence-corrected chi connectivity index (χ2v) is 3.24. The molecule has 0 aromatic carbocycles. The molecule has 1 aromatic rings. The van der Waals surface area contributed by atoms with Gasteiger partial charge in [-0.05, 0) is 0 Å². The van der Waals surface area contributed by atoms with E-state index in [1.54, 1.807) is 17.3 Å². The van der Waals surface area contributed by atoms with Gasteiger partial charge in [0, 0.05) is 12.4 Å². The zero-order valence-electron chi connectivity index (χ0n) is 6.04.